The van der Waals surface area contributed by atoms with Crippen LogP contribution in [0.5, 0.6) is 11.5 Å². The van der Waals surface area contributed by atoms with Crippen LogP contribution in [0.2, 0.25) is 5.02 Å². The second-order valence-electron chi connectivity index (χ2n) is 3.17. The molecular weight excluding hydrogens is 204 g/mol. The quantitative estimate of drug-likeness (QED) is 0.813. The molecule has 0 saturated heterocycles. The van der Waals surface area contributed by atoms with Gasteiger partial charge in [-0.25, -0.2) is 0 Å². The van der Waals surface area contributed by atoms with Crippen molar-refractivity contribution in [2.24, 2.45) is 0 Å². The molecular formula is C10H13ClO3. The van der Waals surface area contributed by atoms with Crippen molar-refractivity contribution < 1.29 is 14.9 Å². The molecule has 1 aromatic rings. The molecule has 0 aliphatic heterocycles. The standard InChI is InChI=1S/C10H13ClO3/c1-6(12)3-7-4-8(11)5-9(14-2)10(7)13/h4-6,12-13H,3H2,1-2H3/t6-/m1/s1. The average molecular weight is 217 g/mol. The summed E-state index contributed by atoms with van der Waals surface area (Å²) in [6.45, 7) is 1.65. The van der Waals surface area contributed by atoms with E-state index in [1.54, 1.807) is 13.0 Å². The van der Waals surface area contributed by atoms with Crippen LogP contribution in [0.4, 0.5) is 0 Å². The third-order valence-corrected chi connectivity index (χ3v) is 2.07. The van der Waals surface area contributed by atoms with E-state index in [1.165, 1.54) is 13.2 Å². The van der Waals surface area contributed by atoms with E-state index in [2.05, 4.69) is 0 Å². The first kappa shape index (κ1) is 11.1. The van der Waals surface area contributed by atoms with E-state index < -0.39 is 6.10 Å². The van der Waals surface area contributed by atoms with Gasteiger partial charge in [-0.05, 0) is 13.0 Å². The van der Waals surface area contributed by atoms with Gasteiger partial charge in [-0.15, -0.1) is 0 Å². The molecule has 1 atom stereocenters. The van der Waals surface area contributed by atoms with Gasteiger partial charge in [0.2, 0.25) is 0 Å². The van der Waals surface area contributed by atoms with Gasteiger partial charge in [-0.1, -0.05) is 11.6 Å². The van der Waals surface area contributed by atoms with Crippen LogP contribution in [0.15, 0.2) is 12.1 Å². The maximum Gasteiger partial charge on any atom is 0.162 e. The van der Waals surface area contributed by atoms with E-state index in [9.17, 15) is 10.2 Å². The van der Waals surface area contributed by atoms with E-state index in [0.717, 1.165) is 0 Å². The monoisotopic (exact) mass is 216 g/mol. The minimum atomic E-state index is -0.524. The molecule has 0 heterocycles. The first-order valence-electron chi connectivity index (χ1n) is 4.28. The van der Waals surface area contributed by atoms with Crippen LogP contribution in [-0.4, -0.2) is 23.4 Å². The highest BCUT2D eigenvalue weighted by Crippen LogP contribution is 2.33. The zero-order valence-corrected chi connectivity index (χ0v) is 8.88. The topological polar surface area (TPSA) is 49.7 Å². The van der Waals surface area contributed by atoms with Gasteiger partial charge < -0.3 is 14.9 Å². The number of hydrogen-bond acceptors (Lipinski definition) is 3. The van der Waals surface area contributed by atoms with Crippen molar-refractivity contribution in [1.29, 1.82) is 0 Å². The Morgan fingerprint density at radius 3 is 2.64 bits per heavy atom. The first-order chi connectivity index (χ1) is 6.54. The molecule has 0 aromatic heterocycles. The summed E-state index contributed by atoms with van der Waals surface area (Å²) < 4.78 is 4.93. The molecule has 0 spiro atoms. The zero-order chi connectivity index (χ0) is 10.7. The summed E-state index contributed by atoms with van der Waals surface area (Å²) in [6, 6.07) is 3.15. The highest BCUT2D eigenvalue weighted by atomic mass is 35.5. The molecule has 1 rings (SSSR count). The third kappa shape index (κ3) is 2.53. The number of phenolic OH excluding ortho intramolecular Hbond substituents is 1. The third-order valence-electron chi connectivity index (χ3n) is 1.85. The van der Waals surface area contributed by atoms with Gasteiger partial charge in [-0.3, -0.25) is 0 Å². The predicted molar refractivity (Wildman–Crippen MR) is 55.1 cm³/mol. The Morgan fingerprint density at radius 2 is 2.14 bits per heavy atom. The summed E-state index contributed by atoms with van der Waals surface area (Å²) in [5, 5.41) is 19.3. The Bertz CT molecular complexity index is 323. The molecule has 1 aromatic carbocycles. The molecule has 0 aliphatic carbocycles. The smallest absolute Gasteiger partial charge is 0.162 e. The fraction of sp³-hybridized carbons (Fsp3) is 0.400. The van der Waals surface area contributed by atoms with E-state index in [0.29, 0.717) is 22.8 Å². The van der Waals surface area contributed by atoms with E-state index in [4.69, 9.17) is 16.3 Å². The molecule has 14 heavy (non-hydrogen) atoms. The first-order valence-corrected chi connectivity index (χ1v) is 4.65. The van der Waals surface area contributed by atoms with Crippen LogP contribution in [0.3, 0.4) is 0 Å². The largest absolute Gasteiger partial charge is 0.504 e. The number of phenols is 1. The Balaban J connectivity index is 3.08. The van der Waals surface area contributed by atoms with Crippen molar-refractivity contribution in [2.45, 2.75) is 19.4 Å². The van der Waals surface area contributed by atoms with Crippen LogP contribution >= 0.6 is 11.6 Å². The van der Waals surface area contributed by atoms with E-state index in [-0.39, 0.29) is 5.75 Å². The summed E-state index contributed by atoms with van der Waals surface area (Å²) >= 11 is 5.81. The summed E-state index contributed by atoms with van der Waals surface area (Å²) in [6.07, 6.45) is -0.174. The van der Waals surface area contributed by atoms with Crippen LogP contribution in [0.25, 0.3) is 0 Å². The number of halogens is 1. The summed E-state index contributed by atoms with van der Waals surface area (Å²) in [7, 11) is 1.46. The van der Waals surface area contributed by atoms with Crippen molar-refractivity contribution in [1.82, 2.24) is 0 Å². The van der Waals surface area contributed by atoms with Gasteiger partial charge in [0.25, 0.3) is 0 Å². The SMILES string of the molecule is COc1cc(Cl)cc(C[C@@H](C)O)c1O. The van der Waals surface area contributed by atoms with E-state index >= 15 is 0 Å². The molecule has 0 bridgehead atoms. The van der Waals surface area contributed by atoms with Gasteiger partial charge in [-0.2, -0.15) is 0 Å². The van der Waals surface area contributed by atoms with Gasteiger partial charge in [0.15, 0.2) is 11.5 Å². The lowest BCUT2D eigenvalue weighted by molar-refractivity contribution is 0.194. The Hall–Kier alpha value is -0.930. The summed E-state index contributed by atoms with van der Waals surface area (Å²) in [4.78, 5) is 0. The van der Waals surface area contributed by atoms with Gasteiger partial charge in [0.05, 0.1) is 13.2 Å². The molecule has 0 aliphatic rings. The molecule has 2 N–H and O–H groups in total. The molecule has 78 valence electrons. The van der Waals surface area contributed by atoms with Crippen molar-refractivity contribution in [3.8, 4) is 11.5 Å². The van der Waals surface area contributed by atoms with Gasteiger partial charge in [0, 0.05) is 23.1 Å². The minimum absolute atomic E-state index is 0.0396. The number of hydrogen-bond donors (Lipinski definition) is 2. The maximum atomic E-state index is 9.67. The van der Waals surface area contributed by atoms with Gasteiger partial charge >= 0.3 is 0 Å². The van der Waals surface area contributed by atoms with Crippen molar-refractivity contribution in [3.63, 3.8) is 0 Å². The van der Waals surface area contributed by atoms with Crippen molar-refractivity contribution in [3.05, 3.63) is 22.7 Å². The zero-order valence-electron chi connectivity index (χ0n) is 8.12. The molecule has 0 fully saturated rings. The van der Waals surface area contributed by atoms with Gasteiger partial charge in [0.1, 0.15) is 0 Å². The molecule has 4 heteroatoms. The average Bonchev–Trinajstić information content (AvgIpc) is 2.09. The predicted octanol–water partition coefficient (Wildman–Crippen LogP) is 1.98. The number of aliphatic hydroxyl groups is 1. The molecule has 0 amide bonds. The number of benzene rings is 1. The fourth-order valence-electron chi connectivity index (χ4n) is 1.26. The lowest BCUT2D eigenvalue weighted by Crippen LogP contribution is -2.04. The maximum absolute atomic E-state index is 9.67. The number of rotatable bonds is 3. The normalized spacial score (nSPS) is 12.6. The van der Waals surface area contributed by atoms with Crippen LogP contribution < -0.4 is 4.74 Å². The Morgan fingerprint density at radius 1 is 1.50 bits per heavy atom. The highest BCUT2D eigenvalue weighted by molar-refractivity contribution is 6.30. The summed E-state index contributed by atoms with van der Waals surface area (Å²) in [5.74, 6) is 0.367. The van der Waals surface area contributed by atoms with Crippen molar-refractivity contribution >= 4 is 11.6 Å². The molecule has 0 radical (unpaired) electrons. The lowest BCUT2D eigenvalue weighted by Gasteiger charge is -2.10. The van der Waals surface area contributed by atoms with Crippen LogP contribution in [0, 0.1) is 0 Å². The number of ether oxygens (including phenoxy) is 1. The lowest BCUT2D eigenvalue weighted by atomic mass is 10.1. The Kier molecular flexibility index (Phi) is 3.61. The number of methoxy groups -OCH3 is 1. The van der Waals surface area contributed by atoms with Crippen LogP contribution in [-0.2, 0) is 6.42 Å². The summed E-state index contributed by atoms with van der Waals surface area (Å²) in [5.41, 5.74) is 0.587. The van der Waals surface area contributed by atoms with Crippen molar-refractivity contribution in [2.75, 3.05) is 7.11 Å². The number of aromatic hydroxyl groups is 1. The molecule has 0 saturated carbocycles. The highest BCUT2D eigenvalue weighted by Gasteiger charge is 2.11. The number of aliphatic hydroxyl groups excluding tert-OH is 1. The van der Waals surface area contributed by atoms with Crippen LogP contribution in [0.1, 0.15) is 12.5 Å². The molecule has 3 nitrogen and oxygen atoms in total. The fourth-order valence-corrected chi connectivity index (χ4v) is 1.49. The molecule has 0 unspecified atom stereocenters. The second kappa shape index (κ2) is 4.53. The van der Waals surface area contributed by atoms with E-state index in [1.807, 2.05) is 0 Å². The minimum Gasteiger partial charge on any atom is -0.504 e. The Labute approximate surface area is 87.9 Å². The second-order valence-corrected chi connectivity index (χ2v) is 3.61.